The molecule has 0 atom stereocenters. The van der Waals surface area contributed by atoms with Crippen molar-refractivity contribution in [2.45, 2.75) is 48.8 Å². The molecule has 0 amide bonds. The minimum Gasteiger partial charge on any atom is -0.387 e. The summed E-state index contributed by atoms with van der Waals surface area (Å²) in [5.41, 5.74) is 0. The van der Waals surface area contributed by atoms with Gasteiger partial charge in [-0.1, -0.05) is 0 Å². The smallest absolute Gasteiger partial charge is 0.111 e. The Balaban J connectivity index is 2.98. The molecule has 0 radical (unpaired) electrons. The Labute approximate surface area is 90.6 Å². The van der Waals surface area contributed by atoms with Crippen LogP contribution >= 0.6 is 0 Å². The average molecular weight is 240 g/mol. The first kappa shape index (κ1) is 13.7. The molecule has 0 aliphatic heterocycles. The summed E-state index contributed by atoms with van der Waals surface area (Å²) in [5.74, 6) is 0. The van der Waals surface area contributed by atoms with Gasteiger partial charge in [-0.25, -0.2) is 0 Å². The standard InChI is InChI=1S/C8H16O8/c9-1-2(10)4(12)6(14)8(16)7(15)5(13)3(1)11/h1-16H. The van der Waals surface area contributed by atoms with E-state index >= 15 is 0 Å². The fourth-order valence-electron chi connectivity index (χ4n) is 1.62. The van der Waals surface area contributed by atoms with Crippen LogP contribution in [0, 0.1) is 0 Å². The summed E-state index contributed by atoms with van der Waals surface area (Å²) in [6.45, 7) is 0. The van der Waals surface area contributed by atoms with E-state index in [4.69, 9.17) is 0 Å². The Hall–Kier alpha value is -0.320. The molecule has 16 heavy (non-hydrogen) atoms. The molecule has 0 unspecified atom stereocenters. The summed E-state index contributed by atoms with van der Waals surface area (Å²) in [6.07, 6.45) is -15.7. The van der Waals surface area contributed by atoms with Gasteiger partial charge in [0.15, 0.2) is 0 Å². The Morgan fingerprint density at radius 1 is 0.250 bits per heavy atom. The molecule has 0 aromatic carbocycles. The Morgan fingerprint density at radius 3 is 0.375 bits per heavy atom. The van der Waals surface area contributed by atoms with Crippen molar-refractivity contribution in [3.05, 3.63) is 0 Å². The number of aliphatic hydroxyl groups excluding tert-OH is 8. The quantitative estimate of drug-likeness (QED) is 0.208. The molecule has 0 spiro atoms. The van der Waals surface area contributed by atoms with E-state index in [1.807, 2.05) is 0 Å². The van der Waals surface area contributed by atoms with Crippen molar-refractivity contribution in [3.63, 3.8) is 0 Å². The third-order valence-corrected chi connectivity index (χ3v) is 2.80. The fourth-order valence-corrected chi connectivity index (χ4v) is 1.62. The zero-order chi connectivity index (χ0) is 12.6. The van der Waals surface area contributed by atoms with Crippen LogP contribution in [0.1, 0.15) is 0 Å². The molecule has 8 nitrogen and oxygen atoms in total. The second-order valence-electron chi connectivity index (χ2n) is 3.92. The van der Waals surface area contributed by atoms with Gasteiger partial charge in [0, 0.05) is 0 Å². The van der Waals surface area contributed by atoms with E-state index in [1.165, 1.54) is 0 Å². The van der Waals surface area contributed by atoms with Crippen LogP contribution in [0.4, 0.5) is 0 Å². The van der Waals surface area contributed by atoms with E-state index < -0.39 is 48.8 Å². The highest BCUT2D eigenvalue weighted by atomic mass is 16.4. The molecule has 1 fully saturated rings. The van der Waals surface area contributed by atoms with Gasteiger partial charge in [-0.15, -0.1) is 0 Å². The van der Waals surface area contributed by atoms with Gasteiger partial charge in [0.1, 0.15) is 48.8 Å². The Kier molecular flexibility index (Phi) is 4.21. The van der Waals surface area contributed by atoms with Gasteiger partial charge in [0.2, 0.25) is 0 Å². The van der Waals surface area contributed by atoms with Crippen LogP contribution in [0.3, 0.4) is 0 Å². The number of rotatable bonds is 0. The lowest BCUT2D eigenvalue weighted by molar-refractivity contribution is -0.223. The van der Waals surface area contributed by atoms with Crippen LogP contribution in [-0.4, -0.2) is 89.7 Å². The van der Waals surface area contributed by atoms with E-state index in [0.717, 1.165) is 0 Å². The lowest BCUT2D eigenvalue weighted by atomic mass is 9.85. The zero-order valence-corrected chi connectivity index (χ0v) is 8.20. The molecule has 8 heteroatoms. The van der Waals surface area contributed by atoms with E-state index in [-0.39, 0.29) is 0 Å². The summed E-state index contributed by atoms with van der Waals surface area (Å²) >= 11 is 0. The SMILES string of the molecule is OC1C(O)C(O)C(O)C(O)C(O)C(O)C1O. The van der Waals surface area contributed by atoms with Gasteiger partial charge in [-0.05, 0) is 0 Å². The van der Waals surface area contributed by atoms with Crippen molar-refractivity contribution in [1.29, 1.82) is 0 Å². The Bertz CT molecular complexity index is 148. The predicted molar refractivity (Wildman–Crippen MR) is 48.1 cm³/mol. The summed E-state index contributed by atoms with van der Waals surface area (Å²) in [4.78, 5) is 0. The van der Waals surface area contributed by atoms with Crippen LogP contribution < -0.4 is 0 Å². The molecular formula is C8H16O8. The van der Waals surface area contributed by atoms with Gasteiger partial charge < -0.3 is 40.9 Å². The van der Waals surface area contributed by atoms with E-state index in [0.29, 0.717) is 0 Å². The monoisotopic (exact) mass is 240 g/mol. The highest BCUT2D eigenvalue weighted by Crippen LogP contribution is 2.21. The van der Waals surface area contributed by atoms with Crippen LogP contribution in [0.25, 0.3) is 0 Å². The highest BCUT2D eigenvalue weighted by Gasteiger charge is 2.47. The molecule has 1 saturated carbocycles. The van der Waals surface area contributed by atoms with E-state index in [2.05, 4.69) is 0 Å². The second-order valence-corrected chi connectivity index (χ2v) is 3.92. The lowest BCUT2D eigenvalue weighted by Crippen LogP contribution is -2.63. The maximum atomic E-state index is 9.29. The first-order valence-corrected chi connectivity index (χ1v) is 4.73. The molecule has 1 rings (SSSR count). The van der Waals surface area contributed by atoms with E-state index in [9.17, 15) is 40.9 Å². The van der Waals surface area contributed by atoms with Crippen molar-refractivity contribution >= 4 is 0 Å². The van der Waals surface area contributed by atoms with Crippen LogP contribution in [0.2, 0.25) is 0 Å². The third-order valence-electron chi connectivity index (χ3n) is 2.80. The molecular weight excluding hydrogens is 224 g/mol. The van der Waals surface area contributed by atoms with Gasteiger partial charge in [-0.3, -0.25) is 0 Å². The number of hydrogen-bond acceptors (Lipinski definition) is 8. The lowest BCUT2D eigenvalue weighted by Gasteiger charge is -2.39. The van der Waals surface area contributed by atoms with Crippen LogP contribution in [-0.2, 0) is 0 Å². The minimum absolute atomic E-state index is 1.96. The van der Waals surface area contributed by atoms with Crippen molar-refractivity contribution in [1.82, 2.24) is 0 Å². The average Bonchev–Trinajstić information content (AvgIpc) is 2.30. The normalized spacial score (nSPS) is 55.5. The van der Waals surface area contributed by atoms with Crippen molar-refractivity contribution in [2.24, 2.45) is 0 Å². The van der Waals surface area contributed by atoms with Crippen molar-refractivity contribution in [2.75, 3.05) is 0 Å². The molecule has 0 bridgehead atoms. The molecule has 1 aliphatic carbocycles. The Morgan fingerprint density at radius 2 is 0.312 bits per heavy atom. The minimum atomic E-state index is -1.96. The molecule has 0 heterocycles. The van der Waals surface area contributed by atoms with Gasteiger partial charge in [-0.2, -0.15) is 0 Å². The summed E-state index contributed by atoms with van der Waals surface area (Å²) in [7, 11) is 0. The van der Waals surface area contributed by atoms with E-state index in [1.54, 1.807) is 0 Å². The second kappa shape index (κ2) is 4.90. The first-order valence-electron chi connectivity index (χ1n) is 4.73. The predicted octanol–water partition coefficient (Wildman–Crippen LogP) is -5.11. The molecule has 8 N–H and O–H groups in total. The number of aliphatic hydroxyl groups is 8. The van der Waals surface area contributed by atoms with Crippen molar-refractivity contribution < 1.29 is 40.9 Å². The molecule has 0 saturated heterocycles. The third kappa shape index (κ3) is 2.19. The van der Waals surface area contributed by atoms with Crippen LogP contribution in [0.15, 0.2) is 0 Å². The van der Waals surface area contributed by atoms with Gasteiger partial charge in [0.25, 0.3) is 0 Å². The molecule has 0 aromatic heterocycles. The molecule has 1 aliphatic rings. The molecule has 96 valence electrons. The van der Waals surface area contributed by atoms with Gasteiger partial charge >= 0.3 is 0 Å². The first-order chi connectivity index (χ1) is 7.29. The fraction of sp³-hybridized carbons (Fsp3) is 1.00. The van der Waals surface area contributed by atoms with Gasteiger partial charge in [0.05, 0.1) is 0 Å². The zero-order valence-electron chi connectivity index (χ0n) is 8.20. The molecule has 0 aromatic rings. The summed E-state index contributed by atoms with van der Waals surface area (Å²) < 4.78 is 0. The summed E-state index contributed by atoms with van der Waals surface area (Å²) in [5, 5.41) is 74.3. The highest BCUT2D eigenvalue weighted by molar-refractivity contribution is 4.98. The van der Waals surface area contributed by atoms with Crippen LogP contribution in [0.5, 0.6) is 0 Å². The maximum absolute atomic E-state index is 9.29. The maximum Gasteiger partial charge on any atom is 0.111 e. The largest absolute Gasteiger partial charge is 0.387 e. The van der Waals surface area contributed by atoms with Crippen molar-refractivity contribution in [3.8, 4) is 0 Å². The topological polar surface area (TPSA) is 162 Å². The number of hydrogen-bond donors (Lipinski definition) is 8. The summed E-state index contributed by atoms with van der Waals surface area (Å²) in [6, 6.07) is 0.